The molecule has 9 heteroatoms. The predicted molar refractivity (Wildman–Crippen MR) is 142 cm³/mol. The Kier molecular flexibility index (Phi) is 6.94. The number of aryl methyl sites for hydroxylation is 2. The number of halogens is 1. The highest BCUT2D eigenvalue weighted by atomic mass is 79.9. The topological polar surface area (TPSA) is 76.3 Å². The minimum atomic E-state index is -0.271. The second kappa shape index (κ2) is 10.2. The van der Waals surface area contributed by atoms with Gasteiger partial charge in [0, 0.05) is 14.9 Å². The van der Waals surface area contributed by atoms with Crippen molar-refractivity contribution >= 4 is 61.4 Å². The van der Waals surface area contributed by atoms with Crippen LogP contribution in [0.15, 0.2) is 74.1 Å². The van der Waals surface area contributed by atoms with Crippen molar-refractivity contribution in [2.45, 2.75) is 30.8 Å². The van der Waals surface area contributed by atoms with Crippen molar-refractivity contribution in [1.29, 1.82) is 0 Å². The van der Waals surface area contributed by atoms with Crippen LogP contribution in [0, 0.1) is 0 Å². The van der Waals surface area contributed by atoms with E-state index in [0.717, 1.165) is 57.2 Å². The number of hydrazone groups is 1. The van der Waals surface area contributed by atoms with E-state index in [0.29, 0.717) is 5.16 Å². The molecule has 0 atom stereocenters. The van der Waals surface area contributed by atoms with Gasteiger partial charge < -0.3 is 0 Å². The molecule has 1 aliphatic carbocycles. The Labute approximate surface area is 213 Å². The second-order valence-electron chi connectivity index (χ2n) is 7.86. The zero-order valence-electron chi connectivity index (χ0n) is 18.2. The summed E-state index contributed by atoms with van der Waals surface area (Å²) in [6, 6.07) is 17.1. The van der Waals surface area contributed by atoms with Crippen LogP contribution in [0.25, 0.3) is 15.9 Å². The highest BCUT2D eigenvalue weighted by molar-refractivity contribution is 9.10. The van der Waals surface area contributed by atoms with E-state index in [1.54, 1.807) is 22.1 Å². The number of nitrogens with one attached hydrogen (secondary N) is 1. The number of aromatic nitrogens is 2. The number of fused-ring (bicyclic) bond motifs is 3. The SMILES string of the molecule is O=C(CSc1nc2sc3c(c2c(=O)n1-c1ccccc1)CCCC3)N/N=C/c1ccccc1Br. The molecule has 172 valence electrons. The predicted octanol–water partition coefficient (Wildman–Crippen LogP) is 5.33. The number of thioether (sulfide) groups is 1. The van der Waals surface area contributed by atoms with Crippen LogP contribution in [-0.4, -0.2) is 27.4 Å². The van der Waals surface area contributed by atoms with Gasteiger partial charge in [0.25, 0.3) is 11.5 Å². The zero-order chi connectivity index (χ0) is 23.5. The summed E-state index contributed by atoms with van der Waals surface area (Å²) in [6.07, 6.45) is 5.76. The van der Waals surface area contributed by atoms with Crippen molar-refractivity contribution in [2.75, 3.05) is 5.75 Å². The van der Waals surface area contributed by atoms with E-state index in [9.17, 15) is 9.59 Å². The van der Waals surface area contributed by atoms with Gasteiger partial charge in [0.1, 0.15) is 4.83 Å². The molecule has 0 spiro atoms. The van der Waals surface area contributed by atoms with Crippen molar-refractivity contribution in [3.8, 4) is 5.69 Å². The average Bonchev–Trinajstić information content (AvgIpc) is 3.23. The fourth-order valence-electron chi connectivity index (χ4n) is 4.00. The first-order valence-corrected chi connectivity index (χ1v) is 13.5. The van der Waals surface area contributed by atoms with Gasteiger partial charge in [-0.2, -0.15) is 5.10 Å². The van der Waals surface area contributed by atoms with Crippen LogP contribution in [-0.2, 0) is 17.6 Å². The van der Waals surface area contributed by atoms with Crippen LogP contribution in [0.4, 0.5) is 0 Å². The summed E-state index contributed by atoms with van der Waals surface area (Å²) in [6.45, 7) is 0. The summed E-state index contributed by atoms with van der Waals surface area (Å²) in [5.74, 6) is -0.184. The van der Waals surface area contributed by atoms with Crippen molar-refractivity contribution in [2.24, 2.45) is 5.10 Å². The average molecular weight is 554 g/mol. The third-order valence-electron chi connectivity index (χ3n) is 5.60. The summed E-state index contributed by atoms with van der Waals surface area (Å²) in [7, 11) is 0. The Morgan fingerprint density at radius 3 is 2.74 bits per heavy atom. The van der Waals surface area contributed by atoms with Gasteiger partial charge in [-0.25, -0.2) is 10.4 Å². The molecule has 1 amide bonds. The van der Waals surface area contributed by atoms with Crippen molar-refractivity contribution in [3.63, 3.8) is 0 Å². The normalized spacial score (nSPS) is 13.3. The summed E-state index contributed by atoms with van der Waals surface area (Å²) in [4.78, 5) is 33.0. The number of nitrogens with zero attached hydrogens (tertiary/aromatic N) is 3. The van der Waals surface area contributed by atoms with E-state index < -0.39 is 0 Å². The van der Waals surface area contributed by atoms with E-state index in [1.807, 2.05) is 54.6 Å². The molecule has 2 aromatic heterocycles. The number of para-hydroxylation sites is 1. The first kappa shape index (κ1) is 23.0. The fraction of sp³-hybridized carbons (Fsp3) is 0.200. The van der Waals surface area contributed by atoms with Gasteiger partial charge in [-0.05, 0) is 49.4 Å². The van der Waals surface area contributed by atoms with Crippen molar-refractivity contribution in [1.82, 2.24) is 15.0 Å². The maximum absolute atomic E-state index is 13.7. The van der Waals surface area contributed by atoms with Crippen LogP contribution in [0.3, 0.4) is 0 Å². The lowest BCUT2D eigenvalue weighted by Crippen LogP contribution is -2.24. The molecule has 0 saturated carbocycles. The number of amides is 1. The molecule has 0 unspecified atom stereocenters. The molecular formula is C25H21BrN4O2S2. The molecule has 2 heterocycles. The largest absolute Gasteiger partial charge is 0.272 e. The number of carbonyl (C=O) groups excluding carboxylic acids is 1. The number of rotatable bonds is 6. The first-order chi connectivity index (χ1) is 16.6. The van der Waals surface area contributed by atoms with Crippen LogP contribution >= 0.6 is 39.0 Å². The Bertz CT molecular complexity index is 1450. The number of thiophene rings is 1. The monoisotopic (exact) mass is 552 g/mol. The Morgan fingerprint density at radius 1 is 1.15 bits per heavy atom. The lowest BCUT2D eigenvalue weighted by molar-refractivity contribution is -0.118. The summed E-state index contributed by atoms with van der Waals surface area (Å²) < 4.78 is 2.53. The number of carbonyl (C=O) groups is 1. The van der Waals surface area contributed by atoms with Crippen molar-refractivity contribution in [3.05, 3.63) is 85.4 Å². The number of hydrogen-bond donors (Lipinski definition) is 1. The van der Waals surface area contributed by atoms with Crippen LogP contribution in [0.5, 0.6) is 0 Å². The van der Waals surface area contributed by atoms with Gasteiger partial charge in [0.15, 0.2) is 5.16 Å². The van der Waals surface area contributed by atoms with Gasteiger partial charge in [-0.15, -0.1) is 11.3 Å². The molecule has 0 saturated heterocycles. The fourth-order valence-corrected chi connectivity index (χ4v) is 6.50. The van der Waals surface area contributed by atoms with E-state index in [4.69, 9.17) is 4.98 Å². The number of benzene rings is 2. The molecule has 6 nitrogen and oxygen atoms in total. The Balaban J connectivity index is 1.42. The van der Waals surface area contributed by atoms with E-state index in [-0.39, 0.29) is 17.2 Å². The van der Waals surface area contributed by atoms with Crippen LogP contribution in [0.2, 0.25) is 0 Å². The molecule has 2 aromatic carbocycles. The molecule has 5 rings (SSSR count). The molecule has 0 aliphatic heterocycles. The zero-order valence-corrected chi connectivity index (χ0v) is 21.4. The highest BCUT2D eigenvalue weighted by Crippen LogP contribution is 2.35. The van der Waals surface area contributed by atoms with E-state index in [1.165, 1.54) is 16.6 Å². The number of hydrogen-bond acceptors (Lipinski definition) is 6. The quantitative estimate of drug-likeness (QED) is 0.152. The van der Waals surface area contributed by atoms with Gasteiger partial charge >= 0.3 is 0 Å². The summed E-state index contributed by atoms with van der Waals surface area (Å²) in [5, 5.41) is 5.29. The molecule has 0 radical (unpaired) electrons. The molecule has 34 heavy (non-hydrogen) atoms. The van der Waals surface area contributed by atoms with Gasteiger partial charge in [0.05, 0.1) is 23.0 Å². The molecule has 1 aliphatic rings. The minimum Gasteiger partial charge on any atom is -0.272 e. The van der Waals surface area contributed by atoms with Crippen molar-refractivity contribution < 1.29 is 4.79 Å². The molecule has 0 fully saturated rings. The Hall–Kier alpha value is -2.75. The molecular weight excluding hydrogens is 532 g/mol. The third-order valence-corrected chi connectivity index (χ3v) is 8.45. The van der Waals surface area contributed by atoms with Gasteiger partial charge in [-0.3, -0.25) is 14.2 Å². The van der Waals surface area contributed by atoms with E-state index in [2.05, 4.69) is 26.5 Å². The highest BCUT2D eigenvalue weighted by Gasteiger charge is 2.23. The summed E-state index contributed by atoms with van der Waals surface area (Å²) in [5.41, 5.74) is 5.25. The molecule has 1 N–H and O–H groups in total. The first-order valence-electron chi connectivity index (χ1n) is 10.9. The lowest BCUT2D eigenvalue weighted by atomic mass is 9.97. The third kappa shape index (κ3) is 4.73. The smallest absolute Gasteiger partial charge is 0.267 e. The standard InChI is InChI=1S/C25H21BrN4O2S2/c26-19-12-6-4-8-16(19)14-27-29-21(31)15-33-25-28-23-22(18-11-5-7-13-20(18)34-23)24(32)30(25)17-9-2-1-3-10-17/h1-4,6,8-10,12,14H,5,7,11,13,15H2,(H,29,31)/b27-14+. The minimum absolute atomic E-state index is 0.0644. The Morgan fingerprint density at radius 2 is 1.91 bits per heavy atom. The van der Waals surface area contributed by atoms with Crippen LogP contribution < -0.4 is 11.0 Å². The maximum atomic E-state index is 13.7. The van der Waals surface area contributed by atoms with Gasteiger partial charge in [0.2, 0.25) is 0 Å². The lowest BCUT2D eigenvalue weighted by Gasteiger charge is -2.13. The summed E-state index contributed by atoms with van der Waals surface area (Å²) >= 11 is 6.31. The molecule has 4 aromatic rings. The van der Waals surface area contributed by atoms with Gasteiger partial charge in [-0.1, -0.05) is 64.1 Å². The second-order valence-corrected chi connectivity index (χ2v) is 10.7. The van der Waals surface area contributed by atoms with Crippen LogP contribution in [0.1, 0.15) is 28.8 Å². The van der Waals surface area contributed by atoms with E-state index >= 15 is 0 Å². The maximum Gasteiger partial charge on any atom is 0.267 e. The molecule has 0 bridgehead atoms.